The van der Waals surface area contributed by atoms with Crippen molar-refractivity contribution < 1.29 is 14.7 Å². The molecule has 0 spiro atoms. The molecule has 0 aliphatic rings. The van der Waals surface area contributed by atoms with Gasteiger partial charge in [-0.2, -0.15) is 0 Å². The van der Waals surface area contributed by atoms with Gasteiger partial charge in [-0.1, -0.05) is 37.3 Å². The number of nitrogens with zero attached hydrogens (tertiary/aromatic N) is 1. The number of alkyl halides is 1. The molecule has 5 nitrogen and oxygen atoms in total. The molecule has 1 amide bonds. The highest BCUT2D eigenvalue weighted by Crippen LogP contribution is 2.26. The van der Waals surface area contributed by atoms with E-state index in [1.807, 2.05) is 6.07 Å². The SMILES string of the molecule is CCC(C(=O)[O-])c1csc(NC(=O)C(Cl)c2ccccc2)n1. The molecule has 7 heteroatoms. The Morgan fingerprint density at radius 3 is 2.64 bits per heavy atom. The molecule has 2 unspecified atom stereocenters. The number of carboxylic acid groups (broad SMARTS) is 1. The Labute approximate surface area is 137 Å². The van der Waals surface area contributed by atoms with Gasteiger partial charge in [-0.3, -0.25) is 4.79 Å². The van der Waals surface area contributed by atoms with Gasteiger partial charge in [0.05, 0.1) is 11.7 Å². The van der Waals surface area contributed by atoms with Gasteiger partial charge in [0.25, 0.3) is 0 Å². The third-order valence-electron chi connectivity index (χ3n) is 3.12. The van der Waals surface area contributed by atoms with Gasteiger partial charge < -0.3 is 15.2 Å². The van der Waals surface area contributed by atoms with Crippen molar-refractivity contribution in [1.82, 2.24) is 4.98 Å². The zero-order valence-electron chi connectivity index (χ0n) is 11.8. The number of benzene rings is 1. The topological polar surface area (TPSA) is 82.1 Å². The van der Waals surface area contributed by atoms with Crippen molar-refractivity contribution in [3.8, 4) is 0 Å². The molecule has 116 valence electrons. The maximum absolute atomic E-state index is 12.1. The van der Waals surface area contributed by atoms with Gasteiger partial charge >= 0.3 is 0 Å². The standard InChI is InChI=1S/C15H15ClN2O3S/c1-2-10(14(20)21)11-8-22-15(17-11)18-13(19)12(16)9-6-4-3-5-7-9/h3-8,10,12H,2H2,1H3,(H,20,21)(H,17,18,19)/p-1. The van der Waals surface area contributed by atoms with E-state index in [1.54, 1.807) is 36.6 Å². The van der Waals surface area contributed by atoms with Crippen LogP contribution < -0.4 is 10.4 Å². The van der Waals surface area contributed by atoms with E-state index in [4.69, 9.17) is 11.6 Å². The summed E-state index contributed by atoms with van der Waals surface area (Å²) >= 11 is 7.27. The number of halogens is 1. The van der Waals surface area contributed by atoms with Crippen molar-refractivity contribution in [3.63, 3.8) is 0 Å². The Morgan fingerprint density at radius 1 is 1.36 bits per heavy atom. The molecule has 0 aliphatic carbocycles. The summed E-state index contributed by atoms with van der Waals surface area (Å²) in [6.07, 6.45) is 0.377. The van der Waals surface area contributed by atoms with Crippen molar-refractivity contribution >= 4 is 39.9 Å². The molecule has 0 saturated heterocycles. The summed E-state index contributed by atoms with van der Waals surface area (Å²) < 4.78 is 0. The van der Waals surface area contributed by atoms with Crippen LogP contribution in [0.2, 0.25) is 0 Å². The highest BCUT2D eigenvalue weighted by Gasteiger charge is 2.20. The molecule has 0 bridgehead atoms. The van der Waals surface area contributed by atoms with Crippen LogP contribution in [0.25, 0.3) is 0 Å². The zero-order chi connectivity index (χ0) is 16.1. The normalized spacial score (nSPS) is 13.4. The molecule has 0 fully saturated rings. The van der Waals surface area contributed by atoms with Gasteiger partial charge in [-0.05, 0) is 12.0 Å². The van der Waals surface area contributed by atoms with Crippen LogP contribution >= 0.6 is 22.9 Å². The van der Waals surface area contributed by atoms with E-state index < -0.39 is 23.2 Å². The molecule has 1 heterocycles. The van der Waals surface area contributed by atoms with Gasteiger partial charge in [0.15, 0.2) is 5.13 Å². The van der Waals surface area contributed by atoms with E-state index >= 15 is 0 Å². The Hall–Kier alpha value is -1.92. The van der Waals surface area contributed by atoms with E-state index in [2.05, 4.69) is 10.3 Å². The smallest absolute Gasteiger partial charge is 0.248 e. The second-order valence-electron chi connectivity index (χ2n) is 4.62. The average Bonchev–Trinajstić information content (AvgIpc) is 2.95. The third kappa shape index (κ3) is 3.84. The van der Waals surface area contributed by atoms with Crippen molar-refractivity contribution in [1.29, 1.82) is 0 Å². The molecule has 2 atom stereocenters. The fraction of sp³-hybridized carbons (Fsp3) is 0.267. The maximum atomic E-state index is 12.1. The number of anilines is 1. The lowest BCUT2D eigenvalue weighted by Gasteiger charge is -2.12. The maximum Gasteiger partial charge on any atom is 0.248 e. The van der Waals surface area contributed by atoms with Crippen molar-refractivity contribution in [2.45, 2.75) is 24.6 Å². The largest absolute Gasteiger partial charge is 0.549 e. The number of aromatic nitrogens is 1. The number of hydrogen-bond donors (Lipinski definition) is 1. The number of carboxylic acids is 1. The number of carbonyl (C=O) groups is 2. The number of thiazole rings is 1. The summed E-state index contributed by atoms with van der Waals surface area (Å²) in [7, 11) is 0. The molecule has 22 heavy (non-hydrogen) atoms. The van der Waals surface area contributed by atoms with Crippen LogP contribution in [0.1, 0.15) is 35.9 Å². The number of carbonyl (C=O) groups excluding carboxylic acids is 2. The van der Waals surface area contributed by atoms with Gasteiger partial charge in [0.2, 0.25) is 5.91 Å². The third-order valence-corrected chi connectivity index (χ3v) is 4.35. The van der Waals surface area contributed by atoms with Crippen LogP contribution in [0.5, 0.6) is 0 Å². The first-order valence-corrected chi connectivity index (χ1v) is 8.00. The van der Waals surface area contributed by atoms with E-state index in [-0.39, 0.29) is 0 Å². The molecule has 2 rings (SSSR count). The Bertz CT molecular complexity index is 660. The van der Waals surface area contributed by atoms with Crippen molar-refractivity contribution in [2.24, 2.45) is 0 Å². The minimum absolute atomic E-state index is 0.321. The lowest BCUT2D eigenvalue weighted by molar-refractivity contribution is -0.308. The second kappa shape index (κ2) is 7.38. The van der Waals surface area contributed by atoms with Crippen LogP contribution in [0.15, 0.2) is 35.7 Å². The molecule has 0 saturated carbocycles. The second-order valence-corrected chi connectivity index (χ2v) is 5.91. The minimum Gasteiger partial charge on any atom is -0.549 e. The summed E-state index contributed by atoms with van der Waals surface area (Å²) in [5.41, 5.74) is 1.06. The monoisotopic (exact) mass is 337 g/mol. The number of rotatable bonds is 6. The van der Waals surface area contributed by atoms with Crippen molar-refractivity contribution in [2.75, 3.05) is 5.32 Å². The number of aliphatic carboxylic acids is 1. The number of hydrogen-bond acceptors (Lipinski definition) is 5. The van der Waals surface area contributed by atoms with E-state index in [1.165, 1.54) is 0 Å². The molecular formula is C15H14ClN2O3S-. The first kappa shape index (κ1) is 16.5. The predicted octanol–water partition coefficient (Wildman–Crippen LogP) is 2.31. The Kier molecular flexibility index (Phi) is 5.51. The molecular weight excluding hydrogens is 324 g/mol. The average molecular weight is 338 g/mol. The quantitative estimate of drug-likeness (QED) is 0.820. The van der Waals surface area contributed by atoms with Gasteiger partial charge in [0, 0.05) is 11.3 Å². The van der Waals surface area contributed by atoms with E-state index in [0.29, 0.717) is 22.8 Å². The molecule has 1 N–H and O–H groups in total. The van der Waals surface area contributed by atoms with Crippen LogP contribution in [0, 0.1) is 0 Å². The van der Waals surface area contributed by atoms with E-state index in [0.717, 1.165) is 11.3 Å². The molecule has 0 radical (unpaired) electrons. The summed E-state index contributed by atoms with van der Waals surface area (Å²) in [6.45, 7) is 1.74. The Balaban J connectivity index is 2.07. The molecule has 2 aromatic rings. The summed E-state index contributed by atoms with van der Waals surface area (Å²) in [6, 6.07) is 8.95. The van der Waals surface area contributed by atoms with E-state index in [9.17, 15) is 14.7 Å². The first-order chi connectivity index (χ1) is 10.5. The summed E-state index contributed by atoms with van der Waals surface area (Å²) in [4.78, 5) is 27.2. The molecule has 0 aliphatic heterocycles. The molecule has 1 aromatic carbocycles. The molecule has 1 aromatic heterocycles. The highest BCUT2D eigenvalue weighted by molar-refractivity contribution is 7.14. The lowest BCUT2D eigenvalue weighted by atomic mass is 10.0. The Morgan fingerprint density at radius 2 is 2.05 bits per heavy atom. The highest BCUT2D eigenvalue weighted by atomic mass is 35.5. The van der Waals surface area contributed by atoms with Gasteiger partial charge in [-0.25, -0.2) is 4.98 Å². The lowest BCUT2D eigenvalue weighted by Crippen LogP contribution is -2.29. The number of nitrogens with one attached hydrogen (secondary N) is 1. The zero-order valence-corrected chi connectivity index (χ0v) is 13.4. The van der Waals surface area contributed by atoms with Gasteiger partial charge in [-0.15, -0.1) is 22.9 Å². The van der Waals surface area contributed by atoms with Crippen LogP contribution in [0.4, 0.5) is 5.13 Å². The summed E-state index contributed by atoms with van der Waals surface area (Å²) in [5.74, 6) is -2.36. The fourth-order valence-electron chi connectivity index (χ4n) is 1.94. The van der Waals surface area contributed by atoms with Crippen LogP contribution in [-0.2, 0) is 9.59 Å². The predicted molar refractivity (Wildman–Crippen MR) is 83.8 cm³/mol. The number of amides is 1. The first-order valence-electron chi connectivity index (χ1n) is 6.69. The van der Waals surface area contributed by atoms with Gasteiger partial charge in [0.1, 0.15) is 5.38 Å². The van der Waals surface area contributed by atoms with Crippen LogP contribution in [-0.4, -0.2) is 16.9 Å². The summed E-state index contributed by atoms with van der Waals surface area (Å²) in [5, 5.41) is 14.7. The van der Waals surface area contributed by atoms with Crippen LogP contribution in [0.3, 0.4) is 0 Å². The van der Waals surface area contributed by atoms with Crippen molar-refractivity contribution in [3.05, 3.63) is 47.0 Å². The fourth-order valence-corrected chi connectivity index (χ4v) is 2.91. The minimum atomic E-state index is -1.18.